The molecule has 0 unspecified atom stereocenters. The van der Waals surface area contributed by atoms with Gasteiger partial charge in [-0.2, -0.15) is 25.9 Å². The Morgan fingerprint density at radius 1 is 1.24 bits per heavy atom. The molecule has 0 radical (unpaired) electrons. The Hall–Kier alpha value is -1.52. The van der Waals surface area contributed by atoms with Gasteiger partial charge in [0.1, 0.15) is 0 Å². The molecule has 1 heterocycles. The second-order valence-electron chi connectivity index (χ2n) is 4.42. The third-order valence-corrected chi connectivity index (χ3v) is 4.45. The van der Waals surface area contributed by atoms with E-state index in [4.69, 9.17) is 10.5 Å². The maximum absolute atomic E-state index is 12.5. The van der Waals surface area contributed by atoms with Crippen LogP contribution in [0.15, 0.2) is 18.2 Å². The van der Waals surface area contributed by atoms with Crippen molar-refractivity contribution in [1.82, 2.24) is 4.31 Å². The van der Waals surface area contributed by atoms with Crippen molar-refractivity contribution in [3.8, 4) is 0 Å². The van der Waals surface area contributed by atoms with Crippen molar-refractivity contribution in [2.75, 3.05) is 36.8 Å². The lowest BCUT2D eigenvalue weighted by molar-refractivity contribution is -0.137. The largest absolute Gasteiger partial charge is 0.416 e. The number of halogens is 3. The number of rotatable bonds is 3. The first-order valence-corrected chi connectivity index (χ1v) is 7.46. The molecule has 10 heteroatoms. The van der Waals surface area contributed by atoms with Gasteiger partial charge in [-0.25, -0.2) is 0 Å². The van der Waals surface area contributed by atoms with Crippen LogP contribution < -0.4 is 10.5 Å². The van der Waals surface area contributed by atoms with Gasteiger partial charge in [-0.05, 0) is 18.2 Å². The number of alkyl halides is 3. The quantitative estimate of drug-likeness (QED) is 0.820. The van der Waals surface area contributed by atoms with Gasteiger partial charge in [0.15, 0.2) is 0 Å². The Bertz CT molecular complexity index is 613. The molecule has 0 spiro atoms. The molecule has 0 bridgehead atoms. The Morgan fingerprint density at radius 3 is 2.38 bits per heavy atom. The molecule has 2 rings (SSSR count). The SMILES string of the molecule is Nc1cc(C(F)(F)F)ccc1NS(=O)(=O)N1CCOCC1. The van der Waals surface area contributed by atoms with Crippen molar-refractivity contribution in [2.24, 2.45) is 0 Å². The highest BCUT2D eigenvalue weighted by Crippen LogP contribution is 2.33. The van der Waals surface area contributed by atoms with Crippen LogP contribution in [-0.4, -0.2) is 39.0 Å². The van der Waals surface area contributed by atoms with E-state index in [-0.39, 0.29) is 37.7 Å². The van der Waals surface area contributed by atoms with E-state index >= 15 is 0 Å². The minimum absolute atomic E-state index is 0.0884. The van der Waals surface area contributed by atoms with Gasteiger partial charge in [-0.15, -0.1) is 0 Å². The van der Waals surface area contributed by atoms with Crippen molar-refractivity contribution in [2.45, 2.75) is 6.18 Å². The van der Waals surface area contributed by atoms with E-state index in [1.165, 1.54) is 0 Å². The van der Waals surface area contributed by atoms with E-state index in [0.29, 0.717) is 6.07 Å². The number of nitrogens with zero attached hydrogens (tertiary/aromatic N) is 1. The highest BCUT2D eigenvalue weighted by Gasteiger charge is 2.31. The fraction of sp³-hybridized carbons (Fsp3) is 0.455. The van der Waals surface area contributed by atoms with Crippen molar-refractivity contribution >= 4 is 21.6 Å². The van der Waals surface area contributed by atoms with Gasteiger partial charge in [0.05, 0.1) is 30.2 Å². The van der Waals surface area contributed by atoms with E-state index in [0.717, 1.165) is 16.4 Å². The van der Waals surface area contributed by atoms with Crippen molar-refractivity contribution in [1.29, 1.82) is 0 Å². The fourth-order valence-electron chi connectivity index (χ4n) is 1.82. The second kappa shape index (κ2) is 5.70. The number of nitrogen functional groups attached to an aromatic ring is 1. The van der Waals surface area contributed by atoms with E-state index in [2.05, 4.69) is 4.72 Å². The standard InChI is InChI=1S/C11H14F3N3O3S/c12-11(13,14)8-1-2-10(9(15)7-8)16-21(18,19)17-3-5-20-6-4-17/h1-2,7,16H,3-6,15H2. The molecule has 21 heavy (non-hydrogen) atoms. The molecule has 6 nitrogen and oxygen atoms in total. The molecule has 1 aromatic carbocycles. The lowest BCUT2D eigenvalue weighted by Gasteiger charge is -2.26. The van der Waals surface area contributed by atoms with Crippen LogP contribution >= 0.6 is 0 Å². The first-order chi connectivity index (χ1) is 9.70. The summed E-state index contributed by atoms with van der Waals surface area (Å²) in [6, 6.07) is 2.46. The number of ether oxygens (including phenoxy) is 1. The number of benzene rings is 1. The molecule has 0 aliphatic carbocycles. The molecule has 1 fully saturated rings. The molecule has 1 aromatic rings. The van der Waals surface area contributed by atoms with Crippen LogP contribution in [-0.2, 0) is 21.1 Å². The van der Waals surface area contributed by atoms with E-state index in [1.54, 1.807) is 0 Å². The summed E-state index contributed by atoms with van der Waals surface area (Å²) in [4.78, 5) is 0. The minimum Gasteiger partial charge on any atom is -0.397 e. The van der Waals surface area contributed by atoms with E-state index in [9.17, 15) is 21.6 Å². The Balaban J connectivity index is 2.19. The third-order valence-electron chi connectivity index (χ3n) is 2.93. The van der Waals surface area contributed by atoms with Crippen LogP contribution in [0.25, 0.3) is 0 Å². The number of nitrogens with two attached hydrogens (primary N) is 1. The second-order valence-corrected chi connectivity index (χ2v) is 6.09. The highest BCUT2D eigenvalue weighted by molar-refractivity contribution is 7.90. The maximum Gasteiger partial charge on any atom is 0.416 e. The molecular formula is C11H14F3N3O3S. The predicted octanol–water partition coefficient (Wildman–Crippen LogP) is 1.28. The van der Waals surface area contributed by atoms with Gasteiger partial charge in [0.2, 0.25) is 0 Å². The van der Waals surface area contributed by atoms with E-state index < -0.39 is 21.9 Å². The summed E-state index contributed by atoms with van der Waals surface area (Å²) >= 11 is 0. The highest BCUT2D eigenvalue weighted by atomic mass is 32.2. The molecule has 1 aliphatic heterocycles. The molecule has 1 saturated heterocycles. The summed E-state index contributed by atoms with van der Waals surface area (Å²) in [6.07, 6.45) is -4.53. The third kappa shape index (κ3) is 3.77. The van der Waals surface area contributed by atoms with Crippen molar-refractivity contribution in [3.63, 3.8) is 0 Å². The zero-order valence-corrected chi connectivity index (χ0v) is 11.7. The van der Waals surface area contributed by atoms with Gasteiger partial charge in [0, 0.05) is 13.1 Å². The Morgan fingerprint density at radius 2 is 1.86 bits per heavy atom. The monoisotopic (exact) mass is 325 g/mol. The molecule has 1 aliphatic rings. The molecule has 118 valence electrons. The summed E-state index contributed by atoms with van der Waals surface area (Å²) in [5.41, 5.74) is 4.17. The van der Waals surface area contributed by atoms with Crippen LogP contribution in [0.5, 0.6) is 0 Å². The number of nitrogens with one attached hydrogen (secondary N) is 1. The Kier molecular flexibility index (Phi) is 4.30. The topological polar surface area (TPSA) is 84.7 Å². The molecule has 0 aromatic heterocycles. The Labute approximate surface area is 119 Å². The summed E-state index contributed by atoms with van der Waals surface area (Å²) in [7, 11) is -3.87. The van der Waals surface area contributed by atoms with Gasteiger partial charge in [-0.1, -0.05) is 0 Å². The lowest BCUT2D eigenvalue weighted by Crippen LogP contribution is -2.43. The lowest BCUT2D eigenvalue weighted by atomic mass is 10.2. The first kappa shape index (κ1) is 15.9. The van der Waals surface area contributed by atoms with E-state index in [1.807, 2.05) is 0 Å². The minimum atomic E-state index is -4.53. The predicted molar refractivity (Wildman–Crippen MR) is 70.8 cm³/mol. The molecule has 3 N–H and O–H groups in total. The fourth-order valence-corrected chi connectivity index (χ4v) is 3.05. The summed E-state index contributed by atoms with van der Waals surface area (Å²) < 4.78 is 70.0. The van der Waals surface area contributed by atoms with Gasteiger partial charge < -0.3 is 10.5 Å². The number of morpholine rings is 1. The van der Waals surface area contributed by atoms with Gasteiger partial charge >= 0.3 is 16.4 Å². The van der Waals surface area contributed by atoms with Crippen LogP contribution in [0.3, 0.4) is 0 Å². The van der Waals surface area contributed by atoms with Crippen LogP contribution in [0, 0.1) is 0 Å². The zero-order chi connectivity index (χ0) is 15.7. The molecule has 0 atom stereocenters. The van der Waals surface area contributed by atoms with Gasteiger partial charge in [0.25, 0.3) is 0 Å². The van der Waals surface area contributed by atoms with Crippen LogP contribution in [0.1, 0.15) is 5.56 Å². The smallest absolute Gasteiger partial charge is 0.397 e. The van der Waals surface area contributed by atoms with Gasteiger partial charge in [-0.3, -0.25) is 4.72 Å². The maximum atomic E-state index is 12.5. The first-order valence-electron chi connectivity index (χ1n) is 6.02. The number of hydrogen-bond donors (Lipinski definition) is 2. The summed E-state index contributed by atoms with van der Waals surface area (Å²) in [5.74, 6) is 0. The average molecular weight is 325 g/mol. The van der Waals surface area contributed by atoms with Crippen LogP contribution in [0.4, 0.5) is 24.5 Å². The molecular weight excluding hydrogens is 311 g/mol. The van der Waals surface area contributed by atoms with Crippen LogP contribution in [0.2, 0.25) is 0 Å². The van der Waals surface area contributed by atoms with Crippen molar-refractivity contribution in [3.05, 3.63) is 23.8 Å². The zero-order valence-electron chi connectivity index (χ0n) is 10.9. The normalized spacial score (nSPS) is 17.7. The number of anilines is 2. The average Bonchev–Trinajstić information content (AvgIpc) is 2.41. The number of hydrogen-bond acceptors (Lipinski definition) is 4. The van der Waals surface area contributed by atoms with Crippen molar-refractivity contribution < 1.29 is 26.3 Å². The molecule has 0 amide bonds. The molecule has 0 saturated carbocycles. The summed E-state index contributed by atoms with van der Waals surface area (Å²) in [6.45, 7) is 0.887. The summed E-state index contributed by atoms with van der Waals surface area (Å²) in [5, 5.41) is 0.